The summed E-state index contributed by atoms with van der Waals surface area (Å²) < 4.78 is 84.3. The van der Waals surface area contributed by atoms with Gasteiger partial charge in [0.1, 0.15) is 6.04 Å². The lowest BCUT2D eigenvalue weighted by Gasteiger charge is -2.19. The fraction of sp³-hybridized carbons (Fsp3) is 0.417. The maximum absolute atomic E-state index is 13.8. The van der Waals surface area contributed by atoms with Gasteiger partial charge in [-0.3, -0.25) is 4.79 Å². The third-order valence-corrected chi connectivity index (χ3v) is 4.33. The number of methoxy groups -OCH3 is 1. The van der Waals surface area contributed by atoms with Crippen molar-refractivity contribution in [3.63, 3.8) is 0 Å². The number of carboxylic acid groups (broad SMARTS) is 1. The molecule has 11 heteroatoms. The van der Waals surface area contributed by atoms with E-state index in [0.29, 0.717) is 0 Å². The van der Waals surface area contributed by atoms with Gasteiger partial charge in [0, 0.05) is 0 Å². The fourth-order valence-corrected chi connectivity index (χ4v) is 3.18. The summed E-state index contributed by atoms with van der Waals surface area (Å²) in [5, 5.41) is 8.90. The minimum atomic E-state index is -5.20. The minimum absolute atomic E-state index is 0.728. The number of rotatable bonds is 6. The first kappa shape index (κ1) is 19.2. The van der Waals surface area contributed by atoms with E-state index in [0.717, 1.165) is 7.11 Å². The van der Waals surface area contributed by atoms with Crippen molar-refractivity contribution in [2.45, 2.75) is 24.8 Å². The second-order valence-corrected chi connectivity index (χ2v) is 6.45. The Hall–Kier alpha value is -1.88. The summed E-state index contributed by atoms with van der Waals surface area (Å²) in [6, 6.07) is -1.76. The zero-order valence-electron chi connectivity index (χ0n) is 12.2. The molecule has 1 rings (SSSR count). The Bertz CT molecular complexity index is 706. The summed E-state index contributed by atoms with van der Waals surface area (Å²) >= 11 is 0. The SMILES string of the molecule is COc1c(F)c(F)c(S(=O)(=O)N[C@H](C(=O)O)C(C)C)c(F)c1F. The average molecular weight is 359 g/mol. The molecule has 0 amide bonds. The van der Waals surface area contributed by atoms with Crippen LogP contribution in [0.15, 0.2) is 4.90 Å². The molecule has 1 aromatic carbocycles. The smallest absolute Gasteiger partial charge is 0.322 e. The molecule has 0 saturated carbocycles. The van der Waals surface area contributed by atoms with Crippen LogP contribution in [0.4, 0.5) is 17.6 Å². The van der Waals surface area contributed by atoms with Crippen LogP contribution in [0.25, 0.3) is 0 Å². The molecule has 0 unspecified atom stereocenters. The van der Waals surface area contributed by atoms with Crippen LogP contribution in [-0.2, 0) is 14.8 Å². The van der Waals surface area contributed by atoms with Crippen molar-refractivity contribution in [3.05, 3.63) is 23.3 Å². The van der Waals surface area contributed by atoms with Gasteiger partial charge in [-0.05, 0) is 5.92 Å². The van der Waals surface area contributed by atoms with Crippen molar-refractivity contribution in [3.8, 4) is 5.75 Å². The number of hydrogen-bond donors (Lipinski definition) is 2. The third kappa shape index (κ3) is 3.55. The molecule has 0 fully saturated rings. The number of benzene rings is 1. The van der Waals surface area contributed by atoms with E-state index in [2.05, 4.69) is 4.74 Å². The van der Waals surface area contributed by atoms with Gasteiger partial charge in [-0.1, -0.05) is 13.8 Å². The lowest BCUT2D eigenvalue weighted by atomic mass is 10.1. The Morgan fingerprint density at radius 2 is 1.52 bits per heavy atom. The number of halogens is 4. The van der Waals surface area contributed by atoms with Gasteiger partial charge in [0.25, 0.3) is 0 Å². The molecule has 0 aliphatic heterocycles. The maximum atomic E-state index is 13.8. The summed E-state index contributed by atoms with van der Waals surface area (Å²) in [4.78, 5) is 9.01. The second-order valence-electron chi connectivity index (χ2n) is 4.80. The normalized spacial score (nSPS) is 13.2. The summed E-state index contributed by atoms with van der Waals surface area (Å²) in [6.07, 6.45) is 0. The Labute approximate surface area is 129 Å². The van der Waals surface area contributed by atoms with Crippen molar-refractivity contribution in [1.82, 2.24) is 4.72 Å². The summed E-state index contributed by atoms with van der Waals surface area (Å²) in [5.41, 5.74) is 0. The molecule has 2 N–H and O–H groups in total. The first-order chi connectivity index (χ1) is 10.5. The zero-order chi connectivity index (χ0) is 18.1. The molecule has 130 valence electrons. The molecule has 6 nitrogen and oxygen atoms in total. The highest BCUT2D eigenvalue weighted by molar-refractivity contribution is 7.89. The highest BCUT2D eigenvalue weighted by Crippen LogP contribution is 2.32. The monoisotopic (exact) mass is 359 g/mol. The van der Waals surface area contributed by atoms with Crippen LogP contribution in [0.1, 0.15) is 13.8 Å². The van der Waals surface area contributed by atoms with Gasteiger partial charge in [-0.15, -0.1) is 0 Å². The van der Waals surface area contributed by atoms with Gasteiger partial charge in [-0.25, -0.2) is 17.2 Å². The van der Waals surface area contributed by atoms with Crippen molar-refractivity contribution >= 4 is 16.0 Å². The number of nitrogens with one attached hydrogen (secondary N) is 1. The molecular formula is C12H13F4NO5S. The Morgan fingerprint density at radius 1 is 1.09 bits per heavy atom. The molecule has 0 spiro atoms. The van der Waals surface area contributed by atoms with Crippen molar-refractivity contribution in [2.75, 3.05) is 7.11 Å². The average Bonchev–Trinajstić information content (AvgIpc) is 2.43. The second kappa shape index (κ2) is 6.71. The lowest BCUT2D eigenvalue weighted by Crippen LogP contribution is -2.44. The quantitative estimate of drug-likeness (QED) is 0.595. The molecule has 0 aliphatic carbocycles. The van der Waals surface area contributed by atoms with E-state index in [9.17, 15) is 30.8 Å². The molecule has 23 heavy (non-hydrogen) atoms. The maximum Gasteiger partial charge on any atom is 0.322 e. The summed E-state index contributed by atoms with van der Waals surface area (Å²) in [6.45, 7) is 2.65. The Kier molecular flexibility index (Phi) is 5.59. The summed E-state index contributed by atoms with van der Waals surface area (Å²) in [7, 11) is -4.47. The predicted octanol–water partition coefficient (Wildman–Crippen LogP) is 1.64. The topological polar surface area (TPSA) is 92.7 Å². The molecule has 0 heterocycles. The molecule has 0 aliphatic rings. The third-order valence-electron chi connectivity index (χ3n) is 2.87. The van der Waals surface area contributed by atoms with Gasteiger partial charge >= 0.3 is 5.97 Å². The van der Waals surface area contributed by atoms with E-state index in [4.69, 9.17) is 5.11 Å². The van der Waals surface area contributed by atoms with Crippen molar-refractivity contribution in [2.24, 2.45) is 5.92 Å². The van der Waals surface area contributed by atoms with E-state index in [1.807, 2.05) is 0 Å². The highest BCUT2D eigenvalue weighted by atomic mass is 32.2. The first-order valence-corrected chi connectivity index (χ1v) is 7.59. The van der Waals surface area contributed by atoms with E-state index >= 15 is 0 Å². The van der Waals surface area contributed by atoms with Crippen LogP contribution < -0.4 is 9.46 Å². The largest absolute Gasteiger partial charge is 0.491 e. The molecule has 0 aromatic heterocycles. The van der Waals surface area contributed by atoms with E-state index in [-0.39, 0.29) is 0 Å². The van der Waals surface area contributed by atoms with Crippen LogP contribution in [-0.4, -0.2) is 32.6 Å². The number of sulfonamides is 1. The number of ether oxygens (including phenoxy) is 1. The van der Waals surface area contributed by atoms with Crippen LogP contribution in [0.5, 0.6) is 5.75 Å². The van der Waals surface area contributed by atoms with Crippen molar-refractivity contribution < 1.29 is 40.6 Å². The van der Waals surface area contributed by atoms with Gasteiger partial charge in [0.15, 0.2) is 22.3 Å². The number of hydrogen-bond acceptors (Lipinski definition) is 4. The Morgan fingerprint density at radius 3 is 1.83 bits per heavy atom. The number of carbonyl (C=O) groups is 1. The van der Waals surface area contributed by atoms with Crippen LogP contribution in [0, 0.1) is 29.2 Å². The van der Waals surface area contributed by atoms with Gasteiger partial charge in [0.2, 0.25) is 21.7 Å². The summed E-state index contributed by atoms with van der Waals surface area (Å²) in [5.74, 6) is -12.4. The standard InChI is InChI=1S/C12H13F4NO5S/c1-4(2)9(12(18)19)17-23(20,21)11-7(15)5(13)10(22-3)6(14)8(11)16/h4,9,17H,1-3H3,(H,18,19)/t9-/m0/s1. The Balaban J connectivity index is 3.54. The molecular weight excluding hydrogens is 346 g/mol. The number of aliphatic carboxylic acids is 1. The predicted molar refractivity (Wildman–Crippen MR) is 69.4 cm³/mol. The number of carboxylic acids is 1. The molecule has 0 bridgehead atoms. The molecule has 1 aromatic rings. The highest BCUT2D eigenvalue weighted by Gasteiger charge is 2.36. The molecule has 0 radical (unpaired) electrons. The van der Waals surface area contributed by atoms with Crippen LogP contribution >= 0.6 is 0 Å². The van der Waals surface area contributed by atoms with Crippen molar-refractivity contribution in [1.29, 1.82) is 0 Å². The van der Waals surface area contributed by atoms with Gasteiger partial charge < -0.3 is 9.84 Å². The lowest BCUT2D eigenvalue weighted by molar-refractivity contribution is -0.140. The van der Waals surface area contributed by atoms with Gasteiger partial charge in [-0.2, -0.15) is 13.5 Å². The zero-order valence-corrected chi connectivity index (χ0v) is 13.0. The van der Waals surface area contributed by atoms with E-state index in [1.54, 1.807) is 0 Å². The fourth-order valence-electron chi connectivity index (χ4n) is 1.70. The van der Waals surface area contributed by atoms with Crippen LogP contribution in [0.3, 0.4) is 0 Å². The van der Waals surface area contributed by atoms with Crippen LogP contribution in [0.2, 0.25) is 0 Å². The minimum Gasteiger partial charge on any atom is -0.491 e. The first-order valence-electron chi connectivity index (χ1n) is 6.10. The van der Waals surface area contributed by atoms with E-state index in [1.165, 1.54) is 18.6 Å². The van der Waals surface area contributed by atoms with E-state index < -0.39 is 61.9 Å². The van der Waals surface area contributed by atoms with Gasteiger partial charge in [0.05, 0.1) is 7.11 Å². The molecule has 0 saturated heterocycles. The molecule has 1 atom stereocenters.